The summed E-state index contributed by atoms with van der Waals surface area (Å²) >= 11 is 7.79. The van der Waals surface area contributed by atoms with Crippen LogP contribution in [0.5, 0.6) is 0 Å². The Hall–Kier alpha value is -1.23. The maximum Gasteiger partial charge on any atom is 0.168 e. The molecule has 0 unspecified atom stereocenters. The Morgan fingerprint density at radius 1 is 0.955 bits per heavy atom. The van der Waals surface area contributed by atoms with E-state index in [0.717, 1.165) is 23.3 Å². The topological polar surface area (TPSA) is 15.6 Å². The van der Waals surface area contributed by atoms with Gasteiger partial charge in [-0.25, -0.2) is 0 Å². The van der Waals surface area contributed by atoms with E-state index in [1.165, 1.54) is 21.7 Å². The van der Waals surface area contributed by atoms with Gasteiger partial charge in [0.1, 0.15) is 0 Å². The number of fused-ring (bicyclic) bond motifs is 1. The average Bonchev–Trinajstić information content (AvgIpc) is 3.10. The fraction of sp³-hybridized carbons (Fsp3) is 0.118. The number of aliphatic imine (C=N–C) groups is 1. The van der Waals surface area contributed by atoms with E-state index in [1.54, 1.807) is 11.8 Å². The number of hydrogen-bond donors (Lipinski definition) is 0. The molecule has 4 rings (SSSR count). The maximum atomic E-state index is 6.02. The van der Waals surface area contributed by atoms with Crippen molar-refractivity contribution in [1.29, 1.82) is 0 Å². The number of thioether (sulfide) groups is 1. The van der Waals surface area contributed by atoms with Crippen LogP contribution in [-0.4, -0.2) is 23.2 Å². The van der Waals surface area contributed by atoms with E-state index in [2.05, 4.69) is 46.3 Å². The molecule has 0 aromatic heterocycles. The Labute approximate surface area is 149 Å². The van der Waals surface area contributed by atoms with Crippen LogP contribution in [0.2, 0.25) is 5.02 Å². The SMILES string of the molecule is Br.Clc1ccc(C2=C(c3ccccc3)SC3=NCCN32)cc1. The Kier molecular flexibility index (Phi) is 4.62. The van der Waals surface area contributed by atoms with Gasteiger partial charge >= 0.3 is 0 Å². The fourth-order valence-corrected chi connectivity index (χ4v) is 4.00. The summed E-state index contributed by atoms with van der Waals surface area (Å²) in [4.78, 5) is 8.19. The van der Waals surface area contributed by atoms with Crippen molar-refractivity contribution >= 4 is 56.1 Å². The molecule has 2 heterocycles. The lowest BCUT2D eigenvalue weighted by Crippen LogP contribution is -2.19. The summed E-state index contributed by atoms with van der Waals surface area (Å²) in [5.74, 6) is 0. The molecule has 0 N–H and O–H groups in total. The average molecular weight is 394 g/mol. The lowest BCUT2D eigenvalue weighted by atomic mass is 10.1. The summed E-state index contributed by atoms with van der Waals surface area (Å²) < 4.78 is 0. The second-order valence-electron chi connectivity index (χ2n) is 4.97. The lowest BCUT2D eigenvalue weighted by Gasteiger charge is -2.17. The standard InChI is InChI=1S/C17H13ClN2S.BrH/c18-14-8-6-12(7-9-14)15-16(13-4-2-1-3-5-13)21-17-19-10-11-20(15)17;/h1-9H,10-11H2;1H. The largest absolute Gasteiger partial charge is 0.317 e. The van der Waals surface area contributed by atoms with E-state index in [9.17, 15) is 0 Å². The Balaban J connectivity index is 0.00000144. The molecule has 0 aliphatic carbocycles. The van der Waals surface area contributed by atoms with E-state index < -0.39 is 0 Å². The van der Waals surface area contributed by atoms with Crippen LogP contribution in [-0.2, 0) is 0 Å². The van der Waals surface area contributed by atoms with Crippen molar-refractivity contribution in [3.05, 3.63) is 70.7 Å². The minimum atomic E-state index is 0. The summed E-state index contributed by atoms with van der Waals surface area (Å²) in [6.07, 6.45) is 0. The van der Waals surface area contributed by atoms with Gasteiger partial charge in [-0.2, -0.15) is 0 Å². The molecule has 2 aliphatic heterocycles. The molecule has 2 aromatic rings. The molecular formula is C17H14BrClN2S. The van der Waals surface area contributed by atoms with Crippen molar-refractivity contribution in [1.82, 2.24) is 4.90 Å². The normalized spacial score (nSPS) is 16.4. The van der Waals surface area contributed by atoms with Crippen LogP contribution in [0, 0.1) is 0 Å². The zero-order chi connectivity index (χ0) is 14.2. The van der Waals surface area contributed by atoms with Crippen molar-refractivity contribution in [3.63, 3.8) is 0 Å². The van der Waals surface area contributed by atoms with Crippen LogP contribution < -0.4 is 0 Å². The summed E-state index contributed by atoms with van der Waals surface area (Å²) in [6.45, 7) is 1.83. The van der Waals surface area contributed by atoms with Crippen molar-refractivity contribution in [2.75, 3.05) is 13.1 Å². The molecule has 0 radical (unpaired) electrons. The molecule has 0 fully saturated rings. The van der Waals surface area contributed by atoms with E-state index in [4.69, 9.17) is 11.6 Å². The van der Waals surface area contributed by atoms with Gasteiger partial charge in [-0.3, -0.25) is 4.99 Å². The molecular weight excluding hydrogens is 380 g/mol. The Morgan fingerprint density at radius 3 is 2.41 bits per heavy atom. The second kappa shape index (κ2) is 6.49. The first-order chi connectivity index (χ1) is 10.3. The minimum absolute atomic E-state index is 0. The van der Waals surface area contributed by atoms with Crippen LogP contribution in [0.3, 0.4) is 0 Å². The van der Waals surface area contributed by atoms with Gasteiger partial charge in [0, 0.05) is 16.5 Å². The quantitative estimate of drug-likeness (QED) is 0.700. The van der Waals surface area contributed by atoms with Gasteiger partial charge in [-0.15, -0.1) is 17.0 Å². The highest BCUT2D eigenvalue weighted by molar-refractivity contribution is 8.93. The van der Waals surface area contributed by atoms with Crippen LogP contribution >= 0.6 is 40.3 Å². The third-order valence-electron chi connectivity index (χ3n) is 3.63. The monoisotopic (exact) mass is 392 g/mol. The van der Waals surface area contributed by atoms with Crippen LogP contribution in [0.1, 0.15) is 11.1 Å². The number of benzene rings is 2. The molecule has 0 saturated carbocycles. The molecule has 5 heteroatoms. The van der Waals surface area contributed by atoms with Crippen molar-refractivity contribution in [3.8, 4) is 0 Å². The summed E-state index contributed by atoms with van der Waals surface area (Å²) in [6, 6.07) is 18.6. The predicted octanol–water partition coefficient (Wildman–Crippen LogP) is 5.16. The van der Waals surface area contributed by atoms with Crippen LogP contribution in [0.15, 0.2) is 59.6 Å². The van der Waals surface area contributed by atoms with E-state index in [0.29, 0.717) is 0 Å². The van der Waals surface area contributed by atoms with E-state index in [1.807, 2.05) is 18.2 Å². The smallest absolute Gasteiger partial charge is 0.168 e. The summed E-state index contributed by atoms with van der Waals surface area (Å²) in [7, 11) is 0. The first-order valence-electron chi connectivity index (χ1n) is 6.88. The number of rotatable bonds is 2. The third kappa shape index (κ3) is 2.71. The van der Waals surface area contributed by atoms with Crippen molar-refractivity contribution in [2.24, 2.45) is 4.99 Å². The molecule has 2 aromatic carbocycles. The van der Waals surface area contributed by atoms with Crippen molar-refractivity contribution < 1.29 is 0 Å². The molecule has 0 spiro atoms. The van der Waals surface area contributed by atoms with Gasteiger partial charge < -0.3 is 4.90 Å². The highest BCUT2D eigenvalue weighted by Crippen LogP contribution is 2.46. The molecule has 0 amide bonds. The molecule has 22 heavy (non-hydrogen) atoms. The highest BCUT2D eigenvalue weighted by Gasteiger charge is 2.33. The van der Waals surface area contributed by atoms with Gasteiger partial charge in [-0.1, -0.05) is 54.1 Å². The first-order valence-corrected chi connectivity index (χ1v) is 8.08. The van der Waals surface area contributed by atoms with Gasteiger partial charge in [0.2, 0.25) is 0 Å². The molecule has 2 nitrogen and oxygen atoms in total. The predicted molar refractivity (Wildman–Crippen MR) is 102 cm³/mol. The number of halogens is 2. The van der Waals surface area contributed by atoms with E-state index >= 15 is 0 Å². The minimum Gasteiger partial charge on any atom is -0.317 e. The zero-order valence-corrected chi connectivity index (χ0v) is 15.0. The zero-order valence-electron chi connectivity index (χ0n) is 11.7. The summed E-state index contributed by atoms with van der Waals surface area (Å²) in [5.41, 5.74) is 3.68. The summed E-state index contributed by atoms with van der Waals surface area (Å²) in [5, 5.41) is 1.88. The number of nitrogens with zero attached hydrogens (tertiary/aromatic N) is 2. The fourth-order valence-electron chi connectivity index (χ4n) is 2.66. The van der Waals surface area contributed by atoms with Gasteiger partial charge in [0.05, 0.1) is 12.2 Å². The Bertz CT molecular complexity index is 741. The molecule has 0 atom stereocenters. The lowest BCUT2D eigenvalue weighted by molar-refractivity contribution is 0.651. The second-order valence-corrected chi connectivity index (χ2v) is 6.38. The number of amidine groups is 1. The first kappa shape index (κ1) is 15.7. The van der Waals surface area contributed by atoms with E-state index in [-0.39, 0.29) is 17.0 Å². The van der Waals surface area contributed by atoms with Crippen LogP contribution in [0.25, 0.3) is 10.6 Å². The number of hydrogen-bond acceptors (Lipinski definition) is 3. The van der Waals surface area contributed by atoms with Gasteiger partial charge in [0.15, 0.2) is 5.17 Å². The van der Waals surface area contributed by atoms with Crippen molar-refractivity contribution in [2.45, 2.75) is 0 Å². The maximum absolute atomic E-state index is 6.02. The van der Waals surface area contributed by atoms with Gasteiger partial charge in [-0.05, 0) is 35.0 Å². The molecule has 0 bridgehead atoms. The third-order valence-corrected chi connectivity index (χ3v) is 5.05. The molecule has 112 valence electrons. The molecule has 0 saturated heterocycles. The van der Waals surface area contributed by atoms with Crippen LogP contribution in [0.4, 0.5) is 0 Å². The Morgan fingerprint density at radius 2 is 1.68 bits per heavy atom. The van der Waals surface area contributed by atoms with Gasteiger partial charge in [0.25, 0.3) is 0 Å². The highest BCUT2D eigenvalue weighted by atomic mass is 79.9. The molecule has 2 aliphatic rings.